The molecule has 1 aliphatic heterocycles. The third kappa shape index (κ3) is 4.39. The largest absolute Gasteiger partial charge is 0.489 e. The van der Waals surface area contributed by atoms with E-state index in [9.17, 15) is 4.79 Å². The van der Waals surface area contributed by atoms with Crippen molar-refractivity contribution in [2.24, 2.45) is 13.0 Å². The lowest BCUT2D eigenvalue weighted by atomic mass is 9.90. The second-order valence-corrected chi connectivity index (χ2v) is 6.81. The Kier molecular flexibility index (Phi) is 5.38. The van der Waals surface area contributed by atoms with Gasteiger partial charge in [0.25, 0.3) is 0 Å². The molecule has 6 nitrogen and oxygen atoms in total. The van der Waals surface area contributed by atoms with Gasteiger partial charge in [0.15, 0.2) is 0 Å². The summed E-state index contributed by atoms with van der Waals surface area (Å²) in [6.07, 6.45) is 3.75. The van der Waals surface area contributed by atoms with E-state index < -0.39 is 0 Å². The Morgan fingerprint density at radius 3 is 2.84 bits per heavy atom. The lowest BCUT2D eigenvalue weighted by Crippen LogP contribution is -2.39. The molecule has 0 spiro atoms. The molecule has 0 radical (unpaired) electrons. The standard InChI is InChI=1S/C19H26N4O2/c1-13-4-6-16(7-5-13)25-14(2)8-21-19(24)18-11-20-10-17(18)15-9-22-23(3)12-15/h4-7,9,12,14,17-18,20H,8,10-11H2,1-3H3,(H,21,24)/t14?,17-,18+/m1/s1. The normalized spacial score (nSPS) is 21.1. The molecular weight excluding hydrogens is 316 g/mol. The maximum atomic E-state index is 12.6. The van der Waals surface area contributed by atoms with Crippen LogP contribution < -0.4 is 15.4 Å². The number of carbonyl (C=O) groups excluding carboxylic acids is 1. The van der Waals surface area contributed by atoms with Crippen LogP contribution in [0.1, 0.15) is 24.0 Å². The average molecular weight is 342 g/mol. The summed E-state index contributed by atoms with van der Waals surface area (Å²) in [7, 11) is 1.89. The number of nitrogens with one attached hydrogen (secondary N) is 2. The lowest BCUT2D eigenvalue weighted by Gasteiger charge is -2.20. The first kappa shape index (κ1) is 17.5. The molecule has 0 bridgehead atoms. The van der Waals surface area contributed by atoms with E-state index >= 15 is 0 Å². The fraction of sp³-hybridized carbons (Fsp3) is 0.474. The van der Waals surface area contributed by atoms with E-state index in [1.807, 2.05) is 57.6 Å². The maximum Gasteiger partial charge on any atom is 0.225 e. The van der Waals surface area contributed by atoms with Gasteiger partial charge in [-0.25, -0.2) is 0 Å². The van der Waals surface area contributed by atoms with Gasteiger partial charge in [0.1, 0.15) is 11.9 Å². The molecule has 1 aliphatic rings. The predicted octanol–water partition coefficient (Wildman–Crippen LogP) is 1.62. The molecule has 3 atom stereocenters. The lowest BCUT2D eigenvalue weighted by molar-refractivity contribution is -0.125. The number of aromatic nitrogens is 2. The van der Waals surface area contributed by atoms with Crippen molar-refractivity contribution in [3.63, 3.8) is 0 Å². The van der Waals surface area contributed by atoms with Crippen molar-refractivity contribution in [3.8, 4) is 5.75 Å². The zero-order chi connectivity index (χ0) is 17.8. The number of nitrogens with zero attached hydrogens (tertiary/aromatic N) is 2. The quantitative estimate of drug-likeness (QED) is 0.837. The first-order chi connectivity index (χ1) is 12.0. The Labute approximate surface area is 148 Å². The van der Waals surface area contributed by atoms with Gasteiger partial charge in [0.2, 0.25) is 5.91 Å². The summed E-state index contributed by atoms with van der Waals surface area (Å²) in [6.45, 7) is 5.99. The van der Waals surface area contributed by atoms with E-state index in [0.29, 0.717) is 13.1 Å². The molecule has 25 heavy (non-hydrogen) atoms. The molecule has 1 saturated heterocycles. The summed E-state index contributed by atoms with van der Waals surface area (Å²) in [5.74, 6) is 0.985. The van der Waals surface area contributed by atoms with E-state index in [0.717, 1.165) is 17.9 Å². The molecule has 3 rings (SSSR count). The number of benzene rings is 1. The van der Waals surface area contributed by atoms with Crippen molar-refractivity contribution in [2.45, 2.75) is 25.9 Å². The minimum atomic E-state index is -0.0853. The molecule has 1 fully saturated rings. The molecule has 0 saturated carbocycles. The van der Waals surface area contributed by atoms with Crippen LogP contribution >= 0.6 is 0 Å². The first-order valence-corrected chi connectivity index (χ1v) is 8.73. The van der Waals surface area contributed by atoms with Crippen LogP contribution in [0.3, 0.4) is 0 Å². The second kappa shape index (κ2) is 7.70. The van der Waals surface area contributed by atoms with Gasteiger partial charge < -0.3 is 15.4 Å². The van der Waals surface area contributed by atoms with Crippen molar-refractivity contribution in [2.75, 3.05) is 19.6 Å². The maximum absolute atomic E-state index is 12.6. The number of hydrogen-bond acceptors (Lipinski definition) is 4. The SMILES string of the molecule is Cc1ccc(OC(C)CNC(=O)[C@H]2CNC[C@@H]2c2cnn(C)c2)cc1. The molecule has 6 heteroatoms. The summed E-state index contributed by atoms with van der Waals surface area (Å²) in [5, 5.41) is 10.6. The van der Waals surface area contributed by atoms with Crippen molar-refractivity contribution in [1.29, 1.82) is 0 Å². The fourth-order valence-corrected chi connectivity index (χ4v) is 3.20. The number of carbonyl (C=O) groups is 1. The van der Waals surface area contributed by atoms with Gasteiger partial charge in [0.05, 0.1) is 18.7 Å². The Morgan fingerprint density at radius 2 is 2.16 bits per heavy atom. The fourth-order valence-electron chi connectivity index (χ4n) is 3.20. The highest BCUT2D eigenvalue weighted by Gasteiger charge is 2.34. The second-order valence-electron chi connectivity index (χ2n) is 6.81. The smallest absolute Gasteiger partial charge is 0.225 e. The minimum Gasteiger partial charge on any atom is -0.489 e. The van der Waals surface area contributed by atoms with E-state index in [1.165, 1.54) is 5.56 Å². The van der Waals surface area contributed by atoms with Crippen LogP contribution in [0.25, 0.3) is 0 Å². The molecule has 2 heterocycles. The van der Waals surface area contributed by atoms with Gasteiger partial charge in [-0.3, -0.25) is 9.48 Å². The number of amides is 1. The molecule has 1 amide bonds. The van der Waals surface area contributed by atoms with Crippen molar-refractivity contribution in [3.05, 3.63) is 47.8 Å². The number of aryl methyl sites for hydroxylation is 2. The van der Waals surface area contributed by atoms with Gasteiger partial charge >= 0.3 is 0 Å². The van der Waals surface area contributed by atoms with Crippen LogP contribution in [0.2, 0.25) is 0 Å². The van der Waals surface area contributed by atoms with Crippen LogP contribution in [0.5, 0.6) is 5.75 Å². The van der Waals surface area contributed by atoms with Gasteiger partial charge in [-0.1, -0.05) is 17.7 Å². The Balaban J connectivity index is 1.52. The van der Waals surface area contributed by atoms with Crippen molar-refractivity contribution >= 4 is 5.91 Å². The van der Waals surface area contributed by atoms with Crippen molar-refractivity contribution in [1.82, 2.24) is 20.4 Å². The summed E-state index contributed by atoms with van der Waals surface area (Å²) in [4.78, 5) is 12.6. The van der Waals surface area contributed by atoms with Gasteiger partial charge in [-0.05, 0) is 31.5 Å². The van der Waals surface area contributed by atoms with Crippen LogP contribution in [-0.4, -0.2) is 41.4 Å². The van der Waals surface area contributed by atoms with Gasteiger partial charge in [-0.15, -0.1) is 0 Å². The van der Waals surface area contributed by atoms with Gasteiger partial charge in [0, 0.05) is 32.3 Å². The van der Waals surface area contributed by atoms with Crippen LogP contribution in [0.4, 0.5) is 0 Å². The summed E-state index contributed by atoms with van der Waals surface area (Å²) in [5.41, 5.74) is 2.31. The zero-order valence-electron chi connectivity index (χ0n) is 15.0. The number of ether oxygens (including phenoxy) is 1. The van der Waals surface area contributed by atoms with Crippen LogP contribution in [0.15, 0.2) is 36.7 Å². The summed E-state index contributed by atoms with van der Waals surface area (Å²) in [6, 6.07) is 7.94. The topological polar surface area (TPSA) is 68.2 Å². The van der Waals surface area contributed by atoms with E-state index in [2.05, 4.69) is 15.7 Å². The summed E-state index contributed by atoms with van der Waals surface area (Å²) < 4.78 is 7.63. The highest BCUT2D eigenvalue weighted by atomic mass is 16.5. The highest BCUT2D eigenvalue weighted by Crippen LogP contribution is 2.27. The Bertz CT molecular complexity index is 710. The molecule has 1 unspecified atom stereocenters. The number of rotatable bonds is 6. The Hall–Kier alpha value is -2.34. The van der Waals surface area contributed by atoms with E-state index in [1.54, 1.807) is 4.68 Å². The molecule has 0 aliphatic carbocycles. The average Bonchev–Trinajstić information content (AvgIpc) is 3.23. The van der Waals surface area contributed by atoms with Gasteiger partial charge in [-0.2, -0.15) is 5.10 Å². The van der Waals surface area contributed by atoms with Crippen LogP contribution in [-0.2, 0) is 11.8 Å². The Morgan fingerprint density at radius 1 is 1.40 bits per heavy atom. The third-order valence-electron chi connectivity index (χ3n) is 4.63. The highest BCUT2D eigenvalue weighted by molar-refractivity contribution is 5.80. The molecule has 1 aromatic carbocycles. The number of hydrogen-bond donors (Lipinski definition) is 2. The molecule has 2 aromatic rings. The van der Waals surface area contributed by atoms with E-state index in [-0.39, 0.29) is 23.8 Å². The zero-order valence-corrected chi connectivity index (χ0v) is 15.0. The minimum absolute atomic E-state index is 0.0678. The molecule has 134 valence electrons. The molecule has 2 N–H and O–H groups in total. The third-order valence-corrected chi connectivity index (χ3v) is 4.63. The molecular formula is C19H26N4O2. The van der Waals surface area contributed by atoms with E-state index in [4.69, 9.17) is 4.74 Å². The predicted molar refractivity (Wildman–Crippen MR) is 96.6 cm³/mol. The summed E-state index contributed by atoms with van der Waals surface area (Å²) >= 11 is 0. The monoisotopic (exact) mass is 342 g/mol. The first-order valence-electron chi connectivity index (χ1n) is 8.73. The molecule has 1 aromatic heterocycles. The van der Waals surface area contributed by atoms with Crippen LogP contribution in [0, 0.1) is 12.8 Å². The van der Waals surface area contributed by atoms with Crippen molar-refractivity contribution < 1.29 is 9.53 Å².